The van der Waals surface area contributed by atoms with Gasteiger partial charge in [-0.3, -0.25) is 10.1 Å². The Morgan fingerprint density at radius 2 is 1.54 bits per heavy atom. The van der Waals surface area contributed by atoms with Crippen LogP contribution in [-0.4, -0.2) is 87.5 Å². The van der Waals surface area contributed by atoms with Crippen molar-refractivity contribution >= 4 is 5.97 Å². The van der Waals surface area contributed by atoms with E-state index in [1.165, 1.54) is 14.0 Å². The van der Waals surface area contributed by atoms with Crippen molar-refractivity contribution in [2.24, 2.45) is 0 Å². The van der Waals surface area contributed by atoms with Gasteiger partial charge in [0, 0.05) is 26.9 Å². The molecule has 1 aliphatic heterocycles. The van der Waals surface area contributed by atoms with Gasteiger partial charge in [-0.1, -0.05) is 40.0 Å². The highest BCUT2D eigenvalue weighted by Gasteiger charge is 2.57. The number of nitrogens with zero attached hydrogens (tertiary/aromatic N) is 1. The maximum absolute atomic E-state index is 15.6. The molecule has 0 N–H and O–H groups in total. The summed E-state index contributed by atoms with van der Waals surface area (Å²) in [6.45, 7) is 8.16. The van der Waals surface area contributed by atoms with Gasteiger partial charge in [-0.25, -0.2) is 4.79 Å². The quantitative estimate of drug-likeness (QED) is 0.0778. The summed E-state index contributed by atoms with van der Waals surface area (Å²) in [6, 6.07) is 0. The molecule has 0 spiro atoms. The van der Waals surface area contributed by atoms with E-state index in [-0.39, 0.29) is 25.9 Å². The highest BCUT2D eigenvalue weighted by molar-refractivity contribution is 5.85. The number of esters is 1. The molecule has 0 aromatic heterocycles. The van der Waals surface area contributed by atoms with Crippen LogP contribution in [0.4, 0.5) is 8.78 Å². The van der Waals surface area contributed by atoms with Gasteiger partial charge in [0.2, 0.25) is 0 Å². The Morgan fingerprint density at radius 3 is 2.05 bits per heavy atom. The van der Waals surface area contributed by atoms with Crippen LogP contribution in [0.1, 0.15) is 66.2 Å². The first-order valence-electron chi connectivity index (χ1n) is 13.1. The largest absolute Gasteiger partial charge is 0.458 e. The topological polar surface area (TPSA) is 116 Å². The van der Waals surface area contributed by atoms with Crippen molar-refractivity contribution in [1.29, 1.82) is 0 Å². The average Bonchev–Trinajstić information content (AvgIpc) is 2.86. The highest BCUT2D eigenvalue weighted by Crippen LogP contribution is 2.37. The van der Waals surface area contributed by atoms with Crippen LogP contribution in [0.3, 0.4) is 0 Å². The molecule has 0 aromatic carbocycles. The maximum atomic E-state index is 15.6. The molecule has 12 heteroatoms. The third-order valence-corrected chi connectivity index (χ3v) is 5.84. The minimum absolute atomic E-state index is 0.0297. The molecule has 0 aromatic rings. The second-order valence-corrected chi connectivity index (χ2v) is 8.78. The lowest BCUT2D eigenvalue weighted by atomic mass is 9.90. The Hall–Kier alpha value is -1.73. The highest BCUT2D eigenvalue weighted by atomic mass is 19.3. The number of unbranched alkanes of at least 4 members (excludes halogenated alkanes) is 3. The van der Waals surface area contributed by atoms with Gasteiger partial charge >= 0.3 is 17.6 Å². The van der Waals surface area contributed by atoms with E-state index in [1.807, 2.05) is 20.8 Å². The van der Waals surface area contributed by atoms with E-state index in [2.05, 4.69) is 4.74 Å². The van der Waals surface area contributed by atoms with Crippen molar-refractivity contribution < 1.29 is 46.9 Å². The second-order valence-electron chi connectivity index (χ2n) is 8.78. The van der Waals surface area contributed by atoms with Gasteiger partial charge in [-0.2, -0.15) is 8.78 Å². The normalized spacial score (nSPS) is 24.7. The Balaban J connectivity index is 3.43. The Labute approximate surface area is 218 Å². The van der Waals surface area contributed by atoms with Gasteiger partial charge in [0.1, 0.15) is 24.4 Å². The van der Waals surface area contributed by atoms with Crippen molar-refractivity contribution in [2.45, 2.75) is 103 Å². The van der Waals surface area contributed by atoms with Gasteiger partial charge in [-0.05, 0) is 26.2 Å². The molecule has 0 radical (unpaired) electrons. The number of methoxy groups -OCH3 is 1. The minimum atomic E-state index is -3.99. The summed E-state index contributed by atoms with van der Waals surface area (Å²) in [5.41, 5.74) is -1.38. The van der Waals surface area contributed by atoms with Crippen LogP contribution in [0.15, 0.2) is 11.8 Å². The molecule has 1 heterocycles. The van der Waals surface area contributed by atoms with Crippen molar-refractivity contribution in [3.8, 4) is 0 Å². The molecule has 37 heavy (non-hydrogen) atoms. The van der Waals surface area contributed by atoms with Crippen LogP contribution in [0.5, 0.6) is 0 Å². The lowest BCUT2D eigenvalue weighted by Gasteiger charge is -2.47. The zero-order valence-electron chi connectivity index (χ0n) is 22.6. The summed E-state index contributed by atoms with van der Waals surface area (Å²) >= 11 is 0. The second kappa shape index (κ2) is 17.7. The van der Waals surface area contributed by atoms with E-state index in [9.17, 15) is 14.9 Å². The predicted molar refractivity (Wildman–Crippen MR) is 131 cm³/mol. The monoisotopic (exact) mass is 539 g/mol. The summed E-state index contributed by atoms with van der Waals surface area (Å²) in [5, 5.41) is 11.4. The van der Waals surface area contributed by atoms with Crippen molar-refractivity contribution in [2.75, 3.05) is 40.1 Å². The molecule has 1 fully saturated rings. The number of nitro groups is 1. The molecule has 1 saturated heterocycles. The number of halogens is 2. The van der Waals surface area contributed by atoms with Crippen molar-refractivity contribution in [3.05, 3.63) is 21.9 Å². The molecule has 1 rings (SSSR count). The molecular formula is C25H43F2NO9. The molecule has 0 saturated carbocycles. The molecule has 0 aliphatic carbocycles. The van der Waals surface area contributed by atoms with Gasteiger partial charge in [0.15, 0.2) is 6.10 Å². The van der Waals surface area contributed by atoms with E-state index >= 15 is 8.78 Å². The first-order chi connectivity index (χ1) is 17.7. The number of carbonyl (C=O) groups excluding carboxylic acids is 1. The molecule has 10 nitrogen and oxygen atoms in total. The summed E-state index contributed by atoms with van der Waals surface area (Å²) in [7, 11) is 1.23. The van der Waals surface area contributed by atoms with Crippen LogP contribution in [0, 0.1) is 10.1 Å². The third-order valence-electron chi connectivity index (χ3n) is 5.84. The molecular weight excluding hydrogens is 496 g/mol. The third kappa shape index (κ3) is 10.5. The molecule has 216 valence electrons. The molecule has 1 unspecified atom stereocenters. The van der Waals surface area contributed by atoms with Crippen LogP contribution in [0.2, 0.25) is 0 Å². The fraction of sp³-hybridized carbons (Fsp3) is 0.880. The van der Waals surface area contributed by atoms with E-state index in [0.717, 1.165) is 32.1 Å². The number of ether oxygens (including phenoxy) is 6. The van der Waals surface area contributed by atoms with E-state index in [4.69, 9.17) is 23.7 Å². The van der Waals surface area contributed by atoms with Crippen LogP contribution >= 0.6 is 0 Å². The van der Waals surface area contributed by atoms with E-state index < -0.39 is 53.0 Å². The fourth-order valence-electron chi connectivity index (χ4n) is 3.84. The van der Waals surface area contributed by atoms with Gasteiger partial charge < -0.3 is 28.4 Å². The lowest BCUT2D eigenvalue weighted by Crippen LogP contribution is -2.65. The van der Waals surface area contributed by atoms with Crippen molar-refractivity contribution in [3.63, 3.8) is 0 Å². The summed E-state index contributed by atoms with van der Waals surface area (Å²) in [5.74, 6) is -5.45. The Kier molecular flexibility index (Phi) is 15.9. The van der Waals surface area contributed by atoms with Crippen molar-refractivity contribution in [1.82, 2.24) is 0 Å². The first-order valence-corrected chi connectivity index (χ1v) is 13.1. The van der Waals surface area contributed by atoms with Gasteiger partial charge in [0.05, 0.1) is 24.2 Å². The summed E-state index contributed by atoms with van der Waals surface area (Å²) in [4.78, 5) is 22.2. The van der Waals surface area contributed by atoms with Crippen LogP contribution < -0.4 is 0 Å². The van der Waals surface area contributed by atoms with Crippen LogP contribution in [-0.2, 0) is 33.2 Å². The number of rotatable bonds is 19. The Morgan fingerprint density at radius 1 is 0.973 bits per heavy atom. The maximum Gasteiger partial charge on any atom is 0.409 e. The lowest BCUT2D eigenvalue weighted by molar-refractivity contribution is -0.423. The van der Waals surface area contributed by atoms with Crippen LogP contribution in [0.25, 0.3) is 0 Å². The Bertz CT molecular complexity index is 708. The smallest absolute Gasteiger partial charge is 0.409 e. The van der Waals surface area contributed by atoms with E-state index in [1.54, 1.807) is 0 Å². The van der Waals surface area contributed by atoms with E-state index in [0.29, 0.717) is 19.6 Å². The summed E-state index contributed by atoms with van der Waals surface area (Å²) < 4.78 is 64.9. The number of hydrogen-bond donors (Lipinski definition) is 0. The molecule has 5 atom stereocenters. The van der Waals surface area contributed by atoms with Gasteiger partial charge in [0.25, 0.3) is 0 Å². The first kappa shape index (κ1) is 33.3. The average molecular weight is 540 g/mol. The minimum Gasteiger partial charge on any atom is -0.458 e. The zero-order chi connectivity index (χ0) is 27.8. The molecule has 0 bridgehead atoms. The summed E-state index contributed by atoms with van der Waals surface area (Å²) in [6.07, 6.45) is -1.32. The number of hydrogen-bond acceptors (Lipinski definition) is 9. The number of carbonyl (C=O) groups is 1. The van der Waals surface area contributed by atoms with Gasteiger partial charge in [-0.15, -0.1) is 0 Å². The number of alkyl halides is 2. The molecule has 1 aliphatic rings. The standard InChI is InChI=1S/C25H43F2NO9/c1-6-10-13-33-17-19-20(35-14-11-7-2)21(36-15-12-8-3)22(32-5)23(37-19)25(26,27)16-18(28(30)31)24(29)34-9-4/h16,19-23H,6-15,17H2,1-5H3/b18-16-/t19-,20+,21+,22-,23?/m1/s1. The molecule has 0 amide bonds. The fourth-order valence-corrected chi connectivity index (χ4v) is 3.84. The zero-order valence-corrected chi connectivity index (χ0v) is 22.6. The SMILES string of the molecule is CCCCOC[C@H]1OC(C(F)(F)/C=C(/C(=O)OCC)[N+](=O)[O-])[C@H](OC)[C@@H](OCCCC)[C@H]1OCCCC. The predicted octanol–water partition coefficient (Wildman–Crippen LogP) is 4.32.